The molecule has 119 heavy (non-hydrogen) atoms. The molecule has 0 N–H and O–H groups in total. The maximum Gasteiger partial charge on any atom is 0.0549 e. The molecular weight excluding hydrogens is 1730 g/mol. The van der Waals surface area contributed by atoms with Crippen molar-refractivity contribution in [1.29, 1.82) is 0 Å². The van der Waals surface area contributed by atoms with Crippen molar-refractivity contribution < 1.29 is 0 Å². The summed E-state index contributed by atoms with van der Waals surface area (Å²) in [5, 5.41) is 13.4. The molecule has 0 bridgehead atoms. The molecule has 5 unspecified atom stereocenters. The summed E-state index contributed by atoms with van der Waals surface area (Å²) in [6.45, 7) is 35.6. The predicted octanol–water partition coefficient (Wildman–Crippen LogP) is 41.8. The Bertz CT molecular complexity index is 6060. The van der Waals surface area contributed by atoms with Crippen molar-refractivity contribution in [2.75, 3.05) is 0 Å². The van der Waals surface area contributed by atoms with Crippen LogP contribution in [0, 0.1) is 59.2 Å². The topological polar surface area (TPSA) is 0 Å². The molecule has 0 amide bonds. The fraction of sp³-hybridized carbons (Fsp3) is 0.481. The lowest BCUT2D eigenvalue weighted by molar-refractivity contribution is 0.437. The van der Waals surface area contributed by atoms with Crippen LogP contribution in [0.1, 0.15) is 257 Å². The van der Waals surface area contributed by atoms with Gasteiger partial charge in [-0.1, -0.05) is 200 Å². The Morgan fingerprint density at radius 3 is 0.891 bits per heavy atom. The Labute approximate surface area is 770 Å². The highest BCUT2D eigenvalue weighted by Gasteiger charge is 2.23. The van der Waals surface area contributed by atoms with E-state index in [1.807, 2.05) is 147 Å². The molecule has 0 aliphatic carbocycles. The summed E-state index contributed by atoms with van der Waals surface area (Å²) >= 11 is 29.9. The molecule has 0 saturated heterocycles. The van der Waals surface area contributed by atoms with E-state index in [0.29, 0.717) is 0 Å². The zero-order valence-corrected chi connectivity index (χ0v) is 85.3. The molecule has 3 aromatic carbocycles. The molecule has 0 saturated carbocycles. The first kappa shape index (κ1) is 88.7. The Morgan fingerprint density at radius 1 is 0.202 bits per heavy atom. The Balaban J connectivity index is 0.000000136. The van der Waals surface area contributed by atoms with E-state index in [-0.39, 0.29) is 0 Å². The number of hydrogen-bond donors (Lipinski definition) is 0. The molecule has 15 heterocycles. The molecule has 0 radical (unpaired) electrons. The highest BCUT2D eigenvalue weighted by atomic mass is 32.2. The van der Waals surface area contributed by atoms with E-state index in [1.54, 1.807) is 24.4 Å². The number of benzene rings is 3. The third kappa shape index (κ3) is 21.8. The smallest absolute Gasteiger partial charge is 0.0549 e. The Morgan fingerprint density at radius 2 is 0.513 bits per heavy atom. The van der Waals surface area contributed by atoms with E-state index in [4.69, 9.17) is 0 Å². The summed E-state index contributed by atoms with van der Waals surface area (Å²) in [6, 6.07) is 41.3. The van der Waals surface area contributed by atoms with Gasteiger partial charge < -0.3 is 0 Å². The third-order valence-electron chi connectivity index (χ3n) is 24.8. The van der Waals surface area contributed by atoms with Crippen LogP contribution in [0.15, 0.2) is 114 Å². The molecular formula is C104H124S15. The lowest BCUT2D eigenvalue weighted by Gasteiger charge is -2.11. The van der Waals surface area contributed by atoms with Crippen molar-refractivity contribution in [3.63, 3.8) is 0 Å². The van der Waals surface area contributed by atoms with Crippen LogP contribution in [0.2, 0.25) is 0 Å². The van der Waals surface area contributed by atoms with Gasteiger partial charge in [0.05, 0.1) is 32.9 Å². The minimum atomic E-state index is 0.818. The molecule has 630 valence electrons. The Kier molecular flexibility index (Phi) is 30.2. The summed E-state index contributed by atoms with van der Waals surface area (Å²) in [5.41, 5.74) is 1.45. The zero-order valence-electron chi connectivity index (χ0n) is 73.0. The van der Waals surface area contributed by atoms with Crippen molar-refractivity contribution in [3.8, 4) is 29.9 Å². The normalized spacial score (nSPS) is 13.9. The van der Waals surface area contributed by atoms with Crippen LogP contribution in [0.5, 0.6) is 0 Å². The monoisotopic (exact) mass is 1850 g/mol. The van der Waals surface area contributed by atoms with Crippen LogP contribution >= 0.6 is 170 Å². The molecule has 18 aromatic rings. The summed E-state index contributed by atoms with van der Waals surface area (Å²) in [7, 11) is 0. The predicted molar refractivity (Wildman–Crippen MR) is 565 cm³/mol. The van der Waals surface area contributed by atoms with Gasteiger partial charge >= 0.3 is 0 Å². The van der Waals surface area contributed by atoms with Crippen LogP contribution in [0.25, 0.3) is 147 Å². The van der Waals surface area contributed by atoms with Gasteiger partial charge in [0.25, 0.3) is 0 Å². The lowest BCUT2D eigenvalue weighted by Crippen LogP contribution is -1.98. The average molecular weight is 1860 g/mol. The van der Waals surface area contributed by atoms with E-state index in [0.717, 1.165) is 59.2 Å². The molecule has 0 nitrogen and oxygen atoms in total. The van der Waals surface area contributed by atoms with Crippen LogP contribution in [-0.2, 0) is 32.1 Å². The highest BCUT2D eigenvalue weighted by molar-refractivity contribution is 7.38. The van der Waals surface area contributed by atoms with E-state index in [9.17, 15) is 0 Å². The van der Waals surface area contributed by atoms with Crippen molar-refractivity contribution >= 4 is 287 Å². The van der Waals surface area contributed by atoms with Crippen molar-refractivity contribution in [2.45, 2.75) is 264 Å². The molecule has 18 rings (SSSR count). The maximum atomic E-state index is 2.53. The van der Waals surface area contributed by atoms with Gasteiger partial charge in [-0.15, -0.1) is 170 Å². The second kappa shape index (κ2) is 40.5. The number of fused-ring (bicyclic) bond motifs is 18. The molecule has 0 spiro atoms. The lowest BCUT2D eigenvalue weighted by atomic mass is 9.96. The summed E-state index contributed by atoms with van der Waals surface area (Å²) in [6.07, 6.45) is 33.3. The van der Waals surface area contributed by atoms with Crippen molar-refractivity contribution in [3.05, 3.63) is 138 Å². The van der Waals surface area contributed by atoms with Crippen molar-refractivity contribution in [1.82, 2.24) is 0 Å². The van der Waals surface area contributed by atoms with Gasteiger partial charge in [0.2, 0.25) is 0 Å². The standard InChI is InChI=1S/C42H50S6.C34H46S4.C28H28S5/c1-25(2)9-7-11-27(5)13-15-29-17-19-33(43-29)37-23-39-41(47-37)31-21-32-36(22-35(31)45-39)46-40-24-38(48-42(32)40)34-20-18-30(44-34)16-14-28(6)12-8-10-26(3)4;1-21(2)9-7-11-23(5)13-15-25-17-31-33(35-25)27-19-28-30(20-29(27)37-31)38-32-18-26(36-34(28)32)16-14-24(6)12-8-10-22(3)4;1-16(2)5-4-6-17(3)7-8-18-9-10-22(31-18)21-15-30-27-20-13-19-24(14-25(20)33-28(21)27)32-23-11-12-29-26(19)23/h17-28H,7-16H2,1-6H3;17-24H,7-16H2,1-6H3;9-17H,4-8H2,1-3H3. The first-order valence-electron chi connectivity index (χ1n) is 45.2. The highest BCUT2D eigenvalue weighted by Crippen LogP contribution is 2.54. The first-order valence-corrected chi connectivity index (χ1v) is 57.5. The number of aryl methyl sites for hydroxylation is 5. The minimum Gasteiger partial charge on any atom is -0.142 e. The van der Waals surface area contributed by atoms with Crippen molar-refractivity contribution in [2.24, 2.45) is 59.2 Å². The summed E-state index contributed by atoms with van der Waals surface area (Å²) in [5.74, 6) is 8.29. The molecule has 0 aliphatic rings. The second-order valence-corrected chi connectivity index (χ2v) is 53.8. The SMILES string of the molecule is CC(C)CCCC(C)CCc1cc2sc3cc4sc5cc(CCC(C)CCCC(C)C)sc5c4cc3c2s1.CC(C)CCCC(C)CCc1ccc(-c2cc3sc4cc5sc6cc(-c7ccc(CCC(C)CCCC(C)C)s7)sc6c5cc4c3s2)s1.CC(C)CCCC(C)CCc1ccc(-c2csc3c2sc2cc4sc5ccsc5c4cc23)s1. The summed E-state index contributed by atoms with van der Waals surface area (Å²) < 4.78 is 26.4. The van der Waals surface area contributed by atoms with Crippen LogP contribution in [0.4, 0.5) is 0 Å². The van der Waals surface area contributed by atoms with E-state index in [2.05, 4.69) is 240 Å². The average Bonchev–Trinajstić information content (AvgIpc) is 1.59. The van der Waals surface area contributed by atoms with Crippen LogP contribution < -0.4 is 0 Å². The summed E-state index contributed by atoms with van der Waals surface area (Å²) in [4.78, 5) is 15.0. The largest absolute Gasteiger partial charge is 0.142 e. The fourth-order valence-electron chi connectivity index (χ4n) is 17.5. The third-order valence-corrected chi connectivity index (χ3v) is 42.9. The van der Waals surface area contributed by atoms with E-state index >= 15 is 0 Å². The molecule has 0 fully saturated rings. The zero-order chi connectivity index (χ0) is 82.7. The van der Waals surface area contributed by atoms with E-state index in [1.165, 1.54) is 307 Å². The van der Waals surface area contributed by atoms with Gasteiger partial charge in [0.1, 0.15) is 0 Å². The van der Waals surface area contributed by atoms with Gasteiger partial charge in [0, 0.05) is 144 Å². The number of thiophene rings is 15. The van der Waals surface area contributed by atoms with Crippen LogP contribution in [0.3, 0.4) is 0 Å². The number of hydrogen-bond acceptors (Lipinski definition) is 15. The van der Waals surface area contributed by atoms with Gasteiger partial charge in [-0.25, -0.2) is 0 Å². The maximum absolute atomic E-state index is 2.53. The molecule has 15 aromatic heterocycles. The van der Waals surface area contributed by atoms with Gasteiger partial charge in [-0.05, 0) is 232 Å². The van der Waals surface area contributed by atoms with E-state index < -0.39 is 0 Å². The van der Waals surface area contributed by atoms with Gasteiger partial charge in [-0.2, -0.15) is 0 Å². The molecule has 5 atom stereocenters. The fourth-order valence-corrected chi connectivity index (χ4v) is 36.1. The minimum absolute atomic E-state index is 0.818. The first-order chi connectivity index (χ1) is 57.5. The molecule has 15 heteroatoms. The van der Waals surface area contributed by atoms with Gasteiger partial charge in [0.15, 0.2) is 0 Å². The Hall–Kier alpha value is -3.72. The number of rotatable bonds is 38. The van der Waals surface area contributed by atoms with Gasteiger partial charge in [-0.3, -0.25) is 0 Å². The molecule has 0 aliphatic heterocycles. The quantitative estimate of drug-likeness (QED) is 0.0362. The second-order valence-electron chi connectivity index (χ2n) is 37.6. The van der Waals surface area contributed by atoms with Crippen LogP contribution in [-0.4, -0.2) is 0 Å².